The molecule has 0 aliphatic carbocycles. The highest BCUT2D eigenvalue weighted by atomic mass is 35.5. The maximum Gasteiger partial charge on any atom is 0.404 e. The van der Waals surface area contributed by atoms with E-state index < -0.39 is 183 Å². The molecule has 4 aromatic heterocycles. The van der Waals surface area contributed by atoms with Gasteiger partial charge in [0.1, 0.15) is 121 Å². The van der Waals surface area contributed by atoms with Crippen molar-refractivity contribution in [1.29, 1.82) is 0 Å². The fraction of sp³-hybridized carbons (Fsp3) is 0.424. The van der Waals surface area contributed by atoms with Crippen molar-refractivity contribution in [3.8, 4) is 33.7 Å². The Hall–Kier alpha value is -12.9. The monoisotopic (exact) mass is 2080 g/mol. The summed E-state index contributed by atoms with van der Waals surface area (Å²) in [5.41, 5.74) is 34.3. The number of halogens is 1. The Morgan fingerprint density at radius 3 is 1.68 bits per heavy atom. The number of ether oxygens (including phenoxy) is 9. The van der Waals surface area contributed by atoms with Crippen LogP contribution < -0.4 is 79.5 Å². The topological polar surface area (TPSA) is 670 Å². The quantitative estimate of drug-likeness (QED) is 0.0243. The minimum Gasteiger partial charge on any atom is -0.485 e. The lowest BCUT2D eigenvalue weighted by molar-refractivity contribution is -0.372. The summed E-state index contributed by atoms with van der Waals surface area (Å²) >= 11 is 2.49. The molecule has 0 radical (unpaired) electrons. The smallest absolute Gasteiger partial charge is 0.404 e. The van der Waals surface area contributed by atoms with Gasteiger partial charge in [0.05, 0.1) is 66.5 Å². The lowest BCUT2D eigenvalue weighted by Gasteiger charge is -2.47. The Balaban J connectivity index is 0.0000203. The van der Waals surface area contributed by atoms with Gasteiger partial charge in [-0.15, -0.1) is 35.1 Å². The number of hydrogen-bond acceptors (Lipinski definition) is 37. The standard InChI is InChI=1S/C99H125N19O25S2.ClH/c1-54-77(113-90(116-88(54)102)65(40-75(101)122)108-41-64(100)89(103)128)94(132)115-79(85(66-42-105-53-109-66)141-98-87(83(126)81(124)73(45-119)140-98)142-97-84(127)86(143-99(104)134)82(125)74(46-120)139-97)95(133)110-56(3)80(123)55(2)91(129)114-78(57(4)121)93(131)107-34-32-76-111-68(52-144-76)96-112-67(51-145-96)92(130)106-33-18-35-117(5)36-19-37-118(43-62-28-30-69(135-47-58-20-10-6-11-21-58)71(38-62)137-49-60-24-14-8-15-25-60)44-63-29-31-70(136-48-59-22-12-7-13-23-59)72(39-63)138-50-61-26-16-9-17-27-61;/h6-17,20-31,38-39,42,51-53,55-57,64-65,73-74,78-87,97-98,108,119-121,123-127H,18-19,32-37,40-41,43-50,100H2,1-5H3,(H2,101,122)(H2,103,128)(H2,104,134)(H,105,109)(H,106,130)(H,107,131)(H,110,133)(H,114,129)(H,115,132)(H2,102,113,116);1H/t55-,56+,57-,64-,65-,73+,74+,78+,79-,80-,81+,82-,83-,84+,85?,86+,87-,97-,98-;/m1./s1. The van der Waals surface area contributed by atoms with E-state index in [0.717, 1.165) is 65.4 Å². The lowest BCUT2D eigenvalue weighted by Crippen LogP contribution is -2.65. The van der Waals surface area contributed by atoms with Crippen molar-refractivity contribution >= 4 is 88.3 Å². The molecular weight excluding hydrogens is 1950 g/mol. The highest BCUT2D eigenvalue weighted by Gasteiger charge is 2.54. The molecule has 6 heterocycles. The number of H-pyrrole nitrogens is 1. The van der Waals surface area contributed by atoms with Crippen LogP contribution in [0.15, 0.2) is 181 Å². The van der Waals surface area contributed by atoms with Crippen LogP contribution in [-0.4, -0.2) is 285 Å². The lowest BCUT2D eigenvalue weighted by atomic mass is 9.96. The number of aromatic nitrogens is 6. The first-order valence-corrected chi connectivity index (χ1v) is 48.7. The number of nitrogens with zero attached hydrogens (tertiary/aromatic N) is 7. The van der Waals surface area contributed by atoms with Gasteiger partial charge in [-0.1, -0.05) is 140 Å². The predicted octanol–water partition coefficient (Wildman–Crippen LogP) is 2.18. The molecule has 0 bridgehead atoms. The predicted molar refractivity (Wildman–Crippen MR) is 534 cm³/mol. The third-order valence-corrected chi connectivity index (χ3v) is 25.8. The van der Waals surface area contributed by atoms with E-state index in [1.807, 2.05) is 133 Å². The van der Waals surface area contributed by atoms with Crippen LogP contribution in [-0.2, 0) is 93.6 Å². The summed E-state index contributed by atoms with van der Waals surface area (Å²) in [5, 5.41) is 109. The number of amides is 8. The Morgan fingerprint density at radius 2 is 1.14 bits per heavy atom. The summed E-state index contributed by atoms with van der Waals surface area (Å²) in [4.78, 5) is 138. The summed E-state index contributed by atoms with van der Waals surface area (Å²) in [6.45, 7) is 7.70. The number of hydrogen-bond donors (Lipinski definition) is 20. The molecule has 2 aliphatic rings. The van der Waals surface area contributed by atoms with E-state index >= 15 is 9.59 Å². The van der Waals surface area contributed by atoms with Gasteiger partial charge in [-0.3, -0.25) is 38.5 Å². The zero-order valence-electron chi connectivity index (χ0n) is 80.8. The average molecular weight is 2080 g/mol. The number of carbonyl (C=O) groups excluding carboxylic acids is 8. The van der Waals surface area contributed by atoms with Crippen molar-refractivity contribution in [3.63, 3.8) is 0 Å². The zero-order valence-corrected chi connectivity index (χ0v) is 83.2. The van der Waals surface area contributed by atoms with E-state index in [2.05, 4.69) is 97.9 Å². The number of imidazole rings is 1. The second-order valence-electron chi connectivity index (χ2n) is 35.1. The van der Waals surface area contributed by atoms with Crippen molar-refractivity contribution in [3.05, 3.63) is 248 Å². The summed E-state index contributed by atoms with van der Waals surface area (Å²) in [6, 6.07) is 44.3. The maximum absolute atomic E-state index is 15.4. The number of nitrogens with one attached hydrogen (secondary N) is 7. The van der Waals surface area contributed by atoms with E-state index in [1.54, 1.807) is 10.8 Å². The fourth-order valence-electron chi connectivity index (χ4n) is 15.9. The van der Waals surface area contributed by atoms with Crippen LogP contribution in [0.25, 0.3) is 10.7 Å². The van der Waals surface area contributed by atoms with Gasteiger partial charge in [-0.25, -0.2) is 29.7 Å². The molecule has 146 heavy (non-hydrogen) atoms. The second kappa shape index (κ2) is 55.6. The van der Waals surface area contributed by atoms with Crippen LogP contribution in [0, 0.1) is 12.8 Å². The Bertz CT molecular complexity index is 5730. The number of aliphatic hydroxyl groups excluding tert-OH is 8. The zero-order chi connectivity index (χ0) is 104. The van der Waals surface area contributed by atoms with E-state index in [1.165, 1.54) is 50.4 Å². The first-order chi connectivity index (χ1) is 69.7. The molecule has 12 rings (SSSR count). The van der Waals surface area contributed by atoms with Gasteiger partial charge in [-0.05, 0) is 111 Å². The Kier molecular flexibility index (Phi) is 43.2. The van der Waals surface area contributed by atoms with Crippen molar-refractivity contribution in [2.75, 3.05) is 65.3 Å². The number of anilines is 1. The number of carbonyl (C=O) groups is 8. The molecule has 44 nitrogen and oxygen atoms in total. The molecule has 2 fully saturated rings. The highest BCUT2D eigenvalue weighted by molar-refractivity contribution is 7.14. The Labute approximate surface area is 855 Å². The number of primary amides is 3. The SMILES string of the molecule is Cc1c(N)nc([C@@H](CC(N)=O)NC[C@@H](N)C(N)=O)nc1C(=O)N[C@@H](C(=O)N[C@@H](C)[C@H](O)[C@@H](C)C(=O)N[C@H](C(=O)NCCc1nc(-c2nc(C(=O)NCCCN(C)CCCN(Cc3ccc(OCc4ccccc4)c(OCc4ccccc4)c3)Cc3ccc(OCc4ccccc4)c(OCc4ccccc4)c3)cs2)cs1)[C@@H](C)O)C(O[C@H]1O[C@@H](CO)[C@H](O)[C@@H](O)[C@H]1O[C@H]1O[C@@H](CO)[C@@H](O)[C@H](OC(N)=O)[C@@H]1O)c1c[nH]cn1.Cl. The molecular formula is C99H126ClN19O25S2. The molecule has 6 aromatic carbocycles. The Morgan fingerprint density at radius 1 is 0.582 bits per heavy atom. The van der Waals surface area contributed by atoms with Crippen LogP contribution in [0.5, 0.6) is 23.0 Å². The van der Waals surface area contributed by atoms with Gasteiger partial charge in [0.2, 0.25) is 29.5 Å². The molecule has 8 amide bonds. The van der Waals surface area contributed by atoms with Crippen molar-refractivity contribution in [2.45, 2.75) is 203 Å². The summed E-state index contributed by atoms with van der Waals surface area (Å²) in [5.74, 6) is -6.36. The summed E-state index contributed by atoms with van der Waals surface area (Å²) in [6.07, 6.45) is -24.0. The van der Waals surface area contributed by atoms with Crippen molar-refractivity contribution < 1.29 is 122 Å². The largest absolute Gasteiger partial charge is 0.485 e. The summed E-state index contributed by atoms with van der Waals surface area (Å²) in [7, 11) is 2.06. The van der Waals surface area contributed by atoms with E-state index in [-0.39, 0.29) is 66.4 Å². The normalized spacial score (nSPS) is 19.6. The van der Waals surface area contributed by atoms with Gasteiger partial charge < -0.3 is 154 Å². The molecule has 2 aliphatic heterocycles. The molecule has 0 saturated carbocycles. The fourth-order valence-corrected chi connectivity index (χ4v) is 17.5. The number of aliphatic hydroxyl groups is 8. The first kappa shape index (κ1) is 113. The van der Waals surface area contributed by atoms with Crippen LogP contribution in [0.2, 0.25) is 0 Å². The van der Waals surface area contributed by atoms with Crippen LogP contribution in [0.3, 0.4) is 0 Å². The maximum atomic E-state index is 15.4. The van der Waals surface area contributed by atoms with E-state index in [4.69, 9.17) is 76.3 Å². The van der Waals surface area contributed by atoms with Crippen molar-refractivity contribution in [1.82, 2.24) is 71.6 Å². The van der Waals surface area contributed by atoms with Gasteiger partial charge in [0.25, 0.3) is 11.8 Å². The van der Waals surface area contributed by atoms with Crippen LogP contribution >= 0.6 is 35.1 Å². The van der Waals surface area contributed by atoms with Crippen LogP contribution in [0.1, 0.15) is 129 Å². The third kappa shape index (κ3) is 32.3. The van der Waals surface area contributed by atoms with E-state index in [9.17, 15) is 69.6 Å². The number of benzene rings is 6. The molecule has 786 valence electrons. The minimum atomic E-state index is -2.22. The number of nitrogen functional groups attached to an aromatic ring is 1. The van der Waals surface area contributed by atoms with Gasteiger partial charge >= 0.3 is 6.09 Å². The minimum absolute atomic E-state index is 0. The number of rotatable bonds is 55. The number of aromatic amines is 1. The molecule has 0 spiro atoms. The number of nitrogens with two attached hydrogens (primary N) is 5. The van der Waals surface area contributed by atoms with Gasteiger partial charge in [0.15, 0.2) is 41.7 Å². The van der Waals surface area contributed by atoms with E-state index in [0.29, 0.717) is 97.7 Å². The average Bonchev–Trinajstić information content (AvgIpc) is 1.69. The third-order valence-electron chi connectivity index (χ3n) is 24.0. The first-order valence-electron chi connectivity index (χ1n) is 47.0. The number of thiazole rings is 2. The summed E-state index contributed by atoms with van der Waals surface area (Å²) < 4.78 is 54.9. The van der Waals surface area contributed by atoms with Gasteiger partial charge in [-0.2, -0.15) is 0 Å². The molecule has 47 heteroatoms. The molecule has 1 unspecified atom stereocenters. The molecule has 2 saturated heterocycles. The van der Waals surface area contributed by atoms with Gasteiger partial charge in [0, 0.05) is 74.6 Å². The second-order valence-corrected chi connectivity index (χ2v) is 36.9. The molecule has 19 atom stereocenters. The van der Waals surface area contributed by atoms with Crippen molar-refractivity contribution in [2.24, 2.45) is 28.9 Å². The highest BCUT2D eigenvalue weighted by Crippen LogP contribution is 2.38. The molecule has 10 aromatic rings. The molecule has 25 N–H and O–H groups in total. The van der Waals surface area contributed by atoms with Crippen LogP contribution in [0.4, 0.5) is 10.6 Å².